The average Bonchev–Trinajstić information content (AvgIpc) is 2.75. The van der Waals surface area contributed by atoms with Crippen molar-refractivity contribution in [3.8, 4) is 0 Å². The van der Waals surface area contributed by atoms with Gasteiger partial charge in [0.15, 0.2) is 0 Å². The van der Waals surface area contributed by atoms with E-state index in [0.29, 0.717) is 12.6 Å². The second-order valence-electron chi connectivity index (χ2n) is 6.24. The molecule has 1 unspecified atom stereocenters. The molecule has 0 aromatic heterocycles. The maximum atomic E-state index is 12.1. The van der Waals surface area contributed by atoms with Gasteiger partial charge in [-0.1, -0.05) is 26.7 Å². The lowest BCUT2D eigenvalue weighted by atomic mass is 9.92. The van der Waals surface area contributed by atoms with E-state index in [1.165, 1.54) is 25.7 Å². The van der Waals surface area contributed by atoms with Crippen LogP contribution < -0.4 is 11.1 Å². The number of carbonyl (C=O) groups is 1. The van der Waals surface area contributed by atoms with Crippen LogP contribution in [0.2, 0.25) is 0 Å². The summed E-state index contributed by atoms with van der Waals surface area (Å²) in [7, 11) is 0. The molecule has 17 heavy (non-hydrogen) atoms. The van der Waals surface area contributed by atoms with E-state index in [-0.39, 0.29) is 17.4 Å². The first-order chi connectivity index (χ1) is 8.03. The number of carbonyl (C=O) groups excluding carboxylic acids is 1. The first-order valence-corrected chi connectivity index (χ1v) is 6.77. The van der Waals surface area contributed by atoms with Crippen molar-refractivity contribution in [3.63, 3.8) is 0 Å². The average molecular weight is 239 g/mol. The molecule has 0 aromatic carbocycles. The first-order valence-electron chi connectivity index (χ1n) is 6.77. The molecule has 2 rings (SSSR count). The van der Waals surface area contributed by atoms with Crippen molar-refractivity contribution in [1.29, 1.82) is 0 Å². The standard InChI is InChI=1S/C13H25N3O/c1-13(2)8-15-12(17)11(7-14)16(9-13)10-5-3-4-6-10/h10-11H,3-9,14H2,1-2H3,(H,15,17). The van der Waals surface area contributed by atoms with Crippen LogP contribution in [-0.4, -0.2) is 42.5 Å². The van der Waals surface area contributed by atoms with Gasteiger partial charge in [0.2, 0.25) is 5.91 Å². The highest BCUT2D eigenvalue weighted by Gasteiger charge is 2.38. The van der Waals surface area contributed by atoms with Crippen LogP contribution in [0.1, 0.15) is 39.5 Å². The molecule has 2 aliphatic rings. The summed E-state index contributed by atoms with van der Waals surface area (Å²) in [5.74, 6) is 0.116. The Morgan fingerprint density at radius 1 is 1.41 bits per heavy atom. The molecule has 0 aromatic rings. The molecule has 98 valence electrons. The van der Waals surface area contributed by atoms with E-state index >= 15 is 0 Å². The summed E-state index contributed by atoms with van der Waals surface area (Å²) < 4.78 is 0. The number of hydrogen-bond donors (Lipinski definition) is 2. The number of nitrogens with two attached hydrogens (primary N) is 1. The third kappa shape index (κ3) is 2.80. The van der Waals surface area contributed by atoms with Crippen molar-refractivity contribution >= 4 is 5.91 Å². The number of nitrogens with one attached hydrogen (secondary N) is 1. The van der Waals surface area contributed by atoms with Gasteiger partial charge in [-0.2, -0.15) is 0 Å². The Balaban J connectivity index is 2.18. The number of rotatable bonds is 2. The quantitative estimate of drug-likeness (QED) is 0.746. The van der Waals surface area contributed by atoms with Gasteiger partial charge < -0.3 is 11.1 Å². The number of hydrogen-bond acceptors (Lipinski definition) is 3. The Morgan fingerprint density at radius 2 is 2.06 bits per heavy atom. The van der Waals surface area contributed by atoms with Crippen LogP contribution in [0.5, 0.6) is 0 Å². The number of nitrogens with zero attached hydrogens (tertiary/aromatic N) is 1. The molecule has 3 N–H and O–H groups in total. The second kappa shape index (κ2) is 4.94. The molecule has 2 fully saturated rings. The zero-order valence-electron chi connectivity index (χ0n) is 11.0. The predicted molar refractivity (Wildman–Crippen MR) is 68.6 cm³/mol. The fraction of sp³-hybridized carbons (Fsp3) is 0.923. The predicted octanol–water partition coefficient (Wildman–Crippen LogP) is 0.714. The van der Waals surface area contributed by atoms with Crippen LogP contribution in [-0.2, 0) is 4.79 Å². The van der Waals surface area contributed by atoms with Crippen molar-refractivity contribution < 1.29 is 4.79 Å². The van der Waals surface area contributed by atoms with Gasteiger partial charge in [-0.05, 0) is 18.3 Å². The van der Waals surface area contributed by atoms with Crippen molar-refractivity contribution in [3.05, 3.63) is 0 Å². The van der Waals surface area contributed by atoms with Gasteiger partial charge in [0.05, 0.1) is 0 Å². The lowest BCUT2D eigenvalue weighted by Gasteiger charge is -2.36. The van der Waals surface area contributed by atoms with E-state index in [1.54, 1.807) is 0 Å². The molecule has 0 spiro atoms. The summed E-state index contributed by atoms with van der Waals surface area (Å²) in [4.78, 5) is 14.4. The molecular weight excluding hydrogens is 214 g/mol. The first kappa shape index (κ1) is 12.8. The normalized spacial score (nSPS) is 31.2. The third-order valence-corrected chi connectivity index (χ3v) is 4.07. The molecule has 1 heterocycles. The van der Waals surface area contributed by atoms with Gasteiger partial charge in [0, 0.05) is 25.7 Å². The monoisotopic (exact) mass is 239 g/mol. The van der Waals surface area contributed by atoms with E-state index in [9.17, 15) is 4.79 Å². The smallest absolute Gasteiger partial charge is 0.238 e. The summed E-state index contributed by atoms with van der Waals surface area (Å²) >= 11 is 0. The van der Waals surface area contributed by atoms with Gasteiger partial charge in [-0.25, -0.2) is 0 Å². The highest BCUT2D eigenvalue weighted by molar-refractivity contribution is 5.82. The largest absolute Gasteiger partial charge is 0.354 e. The SMILES string of the molecule is CC1(C)CNC(=O)C(CN)N(C2CCCC2)C1. The Labute approximate surface area is 104 Å². The lowest BCUT2D eigenvalue weighted by molar-refractivity contribution is -0.125. The molecule has 1 aliphatic heterocycles. The number of amides is 1. The van der Waals surface area contributed by atoms with Gasteiger partial charge in [0.25, 0.3) is 0 Å². The maximum absolute atomic E-state index is 12.1. The van der Waals surface area contributed by atoms with Gasteiger partial charge in [0.1, 0.15) is 6.04 Å². The minimum Gasteiger partial charge on any atom is -0.354 e. The Kier molecular flexibility index (Phi) is 3.73. The van der Waals surface area contributed by atoms with Crippen LogP contribution in [0.25, 0.3) is 0 Å². The van der Waals surface area contributed by atoms with E-state index in [1.807, 2.05) is 0 Å². The Morgan fingerprint density at radius 3 is 2.65 bits per heavy atom. The van der Waals surface area contributed by atoms with E-state index in [2.05, 4.69) is 24.1 Å². The highest BCUT2D eigenvalue weighted by atomic mass is 16.2. The van der Waals surface area contributed by atoms with Crippen molar-refractivity contribution in [2.45, 2.75) is 51.6 Å². The Bertz CT molecular complexity index is 284. The topological polar surface area (TPSA) is 58.4 Å². The molecule has 1 amide bonds. The summed E-state index contributed by atoms with van der Waals surface area (Å²) in [6, 6.07) is 0.437. The van der Waals surface area contributed by atoms with Crippen LogP contribution >= 0.6 is 0 Å². The molecule has 0 bridgehead atoms. The van der Waals surface area contributed by atoms with Crippen LogP contribution in [0.15, 0.2) is 0 Å². The van der Waals surface area contributed by atoms with Crippen LogP contribution in [0.4, 0.5) is 0 Å². The fourth-order valence-corrected chi connectivity index (χ4v) is 3.12. The fourth-order valence-electron chi connectivity index (χ4n) is 3.12. The zero-order valence-corrected chi connectivity index (χ0v) is 11.0. The molecule has 1 saturated carbocycles. The van der Waals surface area contributed by atoms with E-state index in [4.69, 9.17) is 5.73 Å². The third-order valence-electron chi connectivity index (χ3n) is 4.07. The summed E-state index contributed by atoms with van der Waals surface area (Å²) in [6.07, 6.45) is 5.03. The maximum Gasteiger partial charge on any atom is 0.238 e. The van der Waals surface area contributed by atoms with Gasteiger partial charge >= 0.3 is 0 Å². The molecule has 4 nitrogen and oxygen atoms in total. The minimum atomic E-state index is -0.125. The summed E-state index contributed by atoms with van der Waals surface area (Å²) in [5, 5.41) is 3.03. The summed E-state index contributed by atoms with van der Waals surface area (Å²) in [5.41, 5.74) is 5.95. The molecule has 1 atom stereocenters. The molecule has 1 aliphatic carbocycles. The summed E-state index contributed by atoms with van der Waals surface area (Å²) in [6.45, 7) is 6.59. The molecule has 0 radical (unpaired) electrons. The van der Waals surface area contributed by atoms with E-state index < -0.39 is 0 Å². The lowest BCUT2D eigenvalue weighted by Crippen LogP contribution is -2.52. The van der Waals surface area contributed by atoms with E-state index in [0.717, 1.165) is 13.1 Å². The van der Waals surface area contributed by atoms with Crippen LogP contribution in [0, 0.1) is 5.41 Å². The van der Waals surface area contributed by atoms with Crippen LogP contribution in [0.3, 0.4) is 0 Å². The molecule has 4 heteroatoms. The van der Waals surface area contributed by atoms with Crippen molar-refractivity contribution in [2.75, 3.05) is 19.6 Å². The van der Waals surface area contributed by atoms with Crippen molar-refractivity contribution in [1.82, 2.24) is 10.2 Å². The van der Waals surface area contributed by atoms with Gasteiger partial charge in [-0.15, -0.1) is 0 Å². The second-order valence-corrected chi connectivity index (χ2v) is 6.24. The van der Waals surface area contributed by atoms with Crippen molar-refractivity contribution in [2.24, 2.45) is 11.1 Å². The molecule has 1 saturated heterocycles. The van der Waals surface area contributed by atoms with Gasteiger partial charge in [-0.3, -0.25) is 9.69 Å². The Hall–Kier alpha value is -0.610. The highest BCUT2D eigenvalue weighted by Crippen LogP contribution is 2.29. The zero-order chi connectivity index (χ0) is 12.5. The minimum absolute atomic E-state index is 0.116. The molecular formula is C13H25N3O.